The molecule has 106 valence electrons. The molecule has 0 spiro atoms. The number of primary amides is 1. The van der Waals surface area contributed by atoms with Gasteiger partial charge in [0.25, 0.3) is 0 Å². The quantitative estimate of drug-likeness (QED) is 0.850. The molecule has 0 fully saturated rings. The van der Waals surface area contributed by atoms with E-state index in [1.807, 2.05) is 19.1 Å². The smallest absolute Gasteiger partial charge is 0.248 e. The van der Waals surface area contributed by atoms with Crippen LogP contribution in [0.1, 0.15) is 28.6 Å². The first-order chi connectivity index (χ1) is 9.56. The number of hydrogen-bond acceptors (Lipinski definition) is 3. The summed E-state index contributed by atoms with van der Waals surface area (Å²) in [5, 5.41) is 3.19. The minimum atomic E-state index is -0.560. The second-order valence-electron chi connectivity index (χ2n) is 4.74. The molecule has 2 rings (SSSR count). The molecule has 0 bridgehead atoms. The average molecular weight is 276 g/mol. The summed E-state index contributed by atoms with van der Waals surface area (Å²) in [4.78, 5) is 11.1. The maximum atomic E-state index is 13.7. The van der Waals surface area contributed by atoms with Gasteiger partial charge < -0.3 is 15.5 Å². The molecule has 1 unspecified atom stereocenters. The standard InChI is InChI=1S/C15H17FN2O2/c1-10(7-13-3-2-6-20-13)18-9-12-8-11(15(17)19)4-5-14(12)16/h2-6,8,10,18H,7,9H2,1H3,(H2,17,19). The summed E-state index contributed by atoms with van der Waals surface area (Å²) in [7, 11) is 0. The Morgan fingerprint density at radius 3 is 2.90 bits per heavy atom. The van der Waals surface area contributed by atoms with Crippen molar-refractivity contribution in [2.24, 2.45) is 5.73 Å². The molecule has 0 aliphatic carbocycles. The van der Waals surface area contributed by atoms with E-state index < -0.39 is 5.91 Å². The van der Waals surface area contributed by atoms with Crippen molar-refractivity contribution in [2.75, 3.05) is 0 Å². The molecule has 3 N–H and O–H groups in total. The van der Waals surface area contributed by atoms with Crippen molar-refractivity contribution in [1.82, 2.24) is 5.32 Å². The van der Waals surface area contributed by atoms with E-state index in [1.54, 1.807) is 6.26 Å². The van der Waals surface area contributed by atoms with E-state index in [9.17, 15) is 9.18 Å². The zero-order valence-electron chi connectivity index (χ0n) is 11.2. The van der Waals surface area contributed by atoms with Crippen LogP contribution in [-0.2, 0) is 13.0 Å². The summed E-state index contributed by atoms with van der Waals surface area (Å²) in [6.07, 6.45) is 2.34. The van der Waals surface area contributed by atoms with E-state index >= 15 is 0 Å². The van der Waals surface area contributed by atoms with E-state index in [1.165, 1.54) is 18.2 Å². The van der Waals surface area contributed by atoms with Crippen molar-refractivity contribution in [2.45, 2.75) is 25.9 Å². The van der Waals surface area contributed by atoms with Crippen LogP contribution in [0.5, 0.6) is 0 Å². The third kappa shape index (κ3) is 3.68. The maximum Gasteiger partial charge on any atom is 0.248 e. The van der Waals surface area contributed by atoms with Gasteiger partial charge in [-0.05, 0) is 37.3 Å². The highest BCUT2D eigenvalue weighted by molar-refractivity contribution is 5.92. The lowest BCUT2D eigenvalue weighted by atomic mass is 10.1. The van der Waals surface area contributed by atoms with Crippen molar-refractivity contribution in [1.29, 1.82) is 0 Å². The molecule has 1 atom stereocenters. The van der Waals surface area contributed by atoms with Crippen LogP contribution in [0.4, 0.5) is 4.39 Å². The molecular formula is C15H17FN2O2. The topological polar surface area (TPSA) is 68.3 Å². The lowest BCUT2D eigenvalue weighted by Crippen LogP contribution is -2.28. The number of benzene rings is 1. The number of hydrogen-bond donors (Lipinski definition) is 2. The molecule has 0 saturated carbocycles. The van der Waals surface area contributed by atoms with Crippen molar-refractivity contribution in [3.63, 3.8) is 0 Å². The molecule has 1 heterocycles. The maximum absolute atomic E-state index is 13.7. The van der Waals surface area contributed by atoms with Crippen molar-refractivity contribution in [3.8, 4) is 0 Å². The van der Waals surface area contributed by atoms with E-state index in [-0.39, 0.29) is 11.9 Å². The van der Waals surface area contributed by atoms with Gasteiger partial charge in [0.2, 0.25) is 5.91 Å². The minimum Gasteiger partial charge on any atom is -0.469 e. The zero-order chi connectivity index (χ0) is 14.5. The summed E-state index contributed by atoms with van der Waals surface area (Å²) in [5.74, 6) is -0.0426. The number of amides is 1. The molecule has 0 aliphatic rings. The first-order valence-corrected chi connectivity index (χ1v) is 6.40. The van der Waals surface area contributed by atoms with Gasteiger partial charge in [0.05, 0.1) is 6.26 Å². The molecule has 1 amide bonds. The van der Waals surface area contributed by atoms with Gasteiger partial charge in [-0.15, -0.1) is 0 Å². The lowest BCUT2D eigenvalue weighted by molar-refractivity contribution is 0.1000. The Kier molecular flexibility index (Phi) is 4.53. The molecule has 1 aromatic heterocycles. The van der Waals surface area contributed by atoms with Gasteiger partial charge in [0, 0.05) is 30.1 Å². The molecule has 5 heteroatoms. The number of furan rings is 1. The number of nitrogens with one attached hydrogen (secondary N) is 1. The van der Waals surface area contributed by atoms with E-state index in [4.69, 9.17) is 10.2 Å². The predicted molar refractivity (Wildman–Crippen MR) is 73.6 cm³/mol. The van der Waals surface area contributed by atoms with E-state index in [2.05, 4.69) is 5.32 Å². The third-order valence-electron chi connectivity index (χ3n) is 3.06. The van der Waals surface area contributed by atoms with Gasteiger partial charge in [-0.3, -0.25) is 4.79 Å². The number of nitrogens with two attached hydrogens (primary N) is 1. The third-order valence-corrected chi connectivity index (χ3v) is 3.06. The summed E-state index contributed by atoms with van der Waals surface area (Å²) in [6.45, 7) is 2.31. The Balaban J connectivity index is 1.96. The van der Waals surface area contributed by atoms with Crippen molar-refractivity contribution < 1.29 is 13.6 Å². The Labute approximate surface area is 116 Å². The molecule has 20 heavy (non-hydrogen) atoms. The lowest BCUT2D eigenvalue weighted by Gasteiger charge is -2.13. The molecule has 0 saturated heterocycles. The highest BCUT2D eigenvalue weighted by atomic mass is 19.1. The van der Waals surface area contributed by atoms with Crippen LogP contribution in [0.3, 0.4) is 0 Å². The Hall–Kier alpha value is -2.14. The summed E-state index contributed by atoms with van der Waals surface area (Å²) in [5.41, 5.74) is 5.92. The van der Waals surface area contributed by atoms with E-state index in [0.29, 0.717) is 24.1 Å². The van der Waals surface area contributed by atoms with Gasteiger partial charge in [-0.25, -0.2) is 4.39 Å². The highest BCUT2D eigenvalue weighted by Crippen LogP contribution is 2.11. The van der Waals surface area contributed by atoms with Crippen LogP contribution in [0.25, 0.3) is 0 Å². The van der Waals surface area contributed by atoms with Crippen LogP contribution in [0.15, 0.2) is 41.0 Å². The molecular weight excluding hydrogens is 259 g/mol. The summed E-state index contributed by atoms with van der Waals surface area (Å²) in [6, 6.07) is 7.97. The minimum absolute atomic E-state index is 0.123. The van der Waals surface area contributed by atoms with Crippen molar-refractivity contribution in [3.05, 3.63) is 59.3 Å². The summed E-state index contributed by atoms with van der Waals surface area (Å²) >= 11 is 0. The first-order valence-electron chi connectivity index (χ1n) is 6.40. The summed E-state index contributed by atoms with van der Waals surface area (Å²) < 4.78 is 18.9. The number of rotatable bonds is 6. The Bertz CT molecular complexity index is 582. The first kappa shape index (κ1) is 14.3. The second-order valence-corrected chi connectivity index (χ2v) is 4.74. The Morgan fingerprint density at radius 1 is 1.45 bits per heavy atom. The number of carbonyl (C=O) groups excluding carboxylic acids is 1. The van der Waals surface area contributed by atoms with Gasteiger partial charge in [0.15, 0.2) is 0 Å². The van der Waals surface area contributed by atoms with Gasteiger partial charge in [-0.1, -0.05) is 0 Å². The van der Waals surface area contributed by atoms with Crippen molar-refractivity contribution >= 4 is 5.91 Å². The SMILES string of the molecule is CC(Cc1ccco1)NCc1cc(C(N)=O)ccc1F. The molecule has 4 nitrogen and oxygen atoms in total. The fraction of sp³-hybridized carbons (Fsp3) is 0.267. The van der Waals surface area contributed by atoms with Crippen LogP contribution in [0, 0.1) is 5.82 Å². The fourth-order valence-corrected chi connectivity index (χ4v) is 1.95. The molecule has 1 aromatic carbocycles. The van der Waals surface area contributed by atoms with Gasteiger partial charge in [0.1, 0.15) is 11.6 Å². The van der Waals surface area contributed by atoms with E-state index in [0.717, 1.165) is 5.76 Å². The monoisotopic (exact) mass is 276 g/mol. The highest BCUT2D eigenvalue weighted by Gasteiger charge is 2.09. The molecule has 2 aromatic rings. The predicted octanol–water partition coefficient (Wildman–Crippen LogP) is 2.24. The van der Waals surface area contributed by atoms with Gasteiger partial charge >= 0.3 is 0 Å². The van der Waals surface area contributed by atoms with Gasteiger partial charge in [-0.2, -0.15) is 0 Å². The Morgan fingerprint density at radius 2 is 2.25 bits per heavy atom. The molecule has 0 aliphatic heterocycles. The molecule has 0 radical (unpaired) electrons. The van der Waals surface area contributed by atoms with Crippen LogP contribution < -0.4 is 11.1 Å². The van der Waals surface area contributed by atoms with Crippen LogP contribution in [-0.4, -0.2) is 11.9 Å². The average Bonchev–Trinajstić information content (AvgIpc) is 2.90. The van der Waals surface area contributed by atoms with Crippen LogP contribution >= 0.6 is 0 Å². The largest absolute Gasteiger partial charge is 0.469 e. The normalized spacial score (nSPS) is 12.3. The number of halogens is 1. The second kappa shape index (κ2) is 6.34. The number of carbonyl (C=O) groups is 1. The van der Waals surface area contributed by atoms with Crippen LogP contribution in [0.2, 0.25) is 0 Å². The fourth-order valence-electron chi connectivity index (χ4n) is 1.95. The zero-order valence-corrected chi connectivity index (χ0v) is 11.2.